The largest absolute Gasteiger partial charge is 0.314 e. The van der Waals surface area contributed by atoms with Crippen LogP contribution in [0.3, 0.4) is 0 Å². The van der Waals surface area contributed by atoms with Crippen LogP contribution in [0.15, 0.2) is 0 Å². The summed E-state index contributed by atoms with van der Waals surface area (Å²) in [6, 6.07) is 0. The Morgan fingerprint density at radius 2 is 1.53 bits per heavy atom. The second-order valence-electron chi connectivity index (χ2n) is 14.9. The maximum absolute atomic E-state index is 4.48. The summed E-state index contributed by atoms with van der Waals surface area (Å²) >= 11 is 4.48. The lowest BCUT2D eigenvalue weighted by Gasteiger charge is -2.75. The van der Waals surface area contributed by atoms with Crippen LogP contribution in [0.25, 0.3) is 0 Å². The number of hydrogen-bond donors (Lipinski definition) is 1. The van der Waals surface area contributed by atoms with Crippen molar-refractivity contribution in [3.8, 4) is 0 Å². The highest BCUT2D eigenvalue weighted by atomic mass is 79.9. The molecule has 1 N–H and O–H groups in total. The number of rotatable bonds is 4. The van der Waals surface area contributed by atoms with E-state index in [-0.39, 0.29) is 5.66 Å². The number of piperazine rings is 1. The SMILES string of the molecule is CCCC1(C)C(Br)CC(N2CCCCC2)(N2CCNCC2)[C@]2(C)C3CC[C@]4(C)CCCC4C3CCC12. The summed E-state index contributed by atoms with van der Waals surface area (Å²) < 4.78 is 0. The number of alkyl halides is 1. The molecule has 6 aliphatic rings. The fraction of sp³-hybridized carbons (Fsp3) is 1.00. The van der Waals surface area contributed by atoms with Gasteiger partial charge in [0, 0.05) is 36.4 Å². The lowest BCUT2D eigenvalue weighted by Crippen LogP contribution is -2.80. The van der Waals surface area contributed by atoms with Gasteiger partial charge >= 0.3 is 0 Å². The smallest absolute Gasteiger partial charge is 0.0810 e. The molecule has 2 heterocycles. The average molecular weight is 563 g/mol. The van der Waals surface area contributed by atoms with E-state index in [4.69, 9.17) is 0 Å². The first-order valence-electron chi connectivity index (χ1n) is 16.2. The first-order chi connectivity index (χ1) is 17.3. The van der Waals surface area contributed by atoms with E-state index in [0.717, 1.165) is 23.7 Å². The van der Waals surface area contributed by atoms with Gasteiger partial charge in [0.1, 0.15) is 0 Å². The molecule has 0 aromatic carbocycles. The zero-order chi connectivity index (χ0) is 25.2. The van der Waals surface area contributed by atoms with Gasteiger partial charge in [-0.25, -0.2) is 0 Å². The third kappa shape index (κ3) is 3.65. The van der Waals surface area contributed by atoms with Crippen molar-refractivity contribution >= 4 is 15.9 Å². The van der Waals surface area contributed by atoms with Gasteiger partial charge in [-0.3, -0.25) is 9.80 Å². The van der Waals surface area contributed by atoms with Crippen molar-refractivity contribution in [2.24, 2.45) is 39.9 Å². The zero-order valence-electron chi connectivity index (χ0n) is 24.1. The van der Waals surface area contributed by atoms with Crippen molar-refractivity contribution in [2.75, 3.05) is 39.3 Å². The first kappa shape index (κ1) is 26.6. The highest BCUT2D eigenvalue weighted by molar-refractivity contribution is 9.09. The first-order valence-corrected chi connectivity index (χ1v) is 17.1. The molecule has 0 radical (unpaired) electrons. The Hall–Kier alpha value is 0.360. The maximum atomic E-state index is 4.48. The molecule has 0 aromatic rings. The highest BCUT2D eigenvalue weighted by Crippen LogP contribution is 2.73. The highest BCUT2D eigenvalue weighted by Gasteiger charge is 2.72. The molecule has 9 atom stereocenters. The van der Waals surface area contributed by atoms with Crippen LogP contribution in [0.5, 0.6) is 0 Å². The standard InChI is InChI=1S/C32H56BrN3/c1-5-14-30(3)27-12-11-24-25-10-9-15-29(25,2)16-13-26(24)31(27,4)32(23-28(30)33,35-19-7-6-8-20-35)36-21-17-34-18-22-36/h24-28,34H,5-23H2,1-4H3/t24?,25?,26?,27?,28?,29-,30?,31+,32?/m0/s1. The van der Waals surface area contributed by atoms with E-state index in [9.17, 15) is 0 Å². The Morgan fingerprint density at radius 1 is 0.806 bits per heavy atom. The molecule has 0 bridgehead atoms. The fourth-order valence-corrected chi connectivity index (χ4v) is 13.2. The summed E-state index contributed by atoms with van der Waals surface area (Å²) in [5.74, 6) is 3.69. The predicted octanol–water partition coefficient (Wildman–Crippen LogP) is 7.30. The van der Waals surface area contributed by atoms with Gasteiger partial charge in [0.25, 0.3) is 0 Å². The molecule has 2 saturated heterocycles. The molecule has 6 rings (SSSR count). The van der Waals surface area contributed by atoms with Crippen molar-refractivity contribution in [2.45, 2.75) is 122 Å². The van der Waals surface area contributed by atoms with Gasteiger partial charge in [-0.05, 0) is 112 Å². The molecule has 2 aliphatic heterocycles. The summed E-state index contributed by atoms with van der Waals surface area (Å²) in [6.45, 7) is 18.2. The van der Waals surface area contributed by atoms with Crippen LogP contribution in [0.1, 0.15) is 111 Å². The lowest BCUT2D eigenvalue weighted by molar-refractivity contribution is -0.273. The normalized spacial score (nSPS) is 52.4. The van der Waals surface area contributed by atoms with Crippen LogP contribution in [0.2, 0.25) is 0 Å². The molecule has 0 aromatic heterocycles. The van der Waals surface area contributed by atoms with E-state index >= 15 is 0 Å². The van der Waals surface area contributed by atoms with Crippen molar-refractivity contribution in [3.63, 3.8) is 0 Å². The molecule has 206 valence electrons. The lowest BCUT2D eigenvalue weighted by atomic mass is 9.38. The van der Waals surface area contributed by atoms with Crippen LogP contribution in [-0.4, -0.2) is 59.6 Å². The number of halogens is 1. The van der Waals surface area contributed by atoms with E-state index in [1.54, 1.807) is 0 Å². The van der Waals surface area contributed by atoms with Crippen molar-refractivity contribution in [1.29, 1.82) is 0 Å². The summed E-state index contributed by atoms with van der Waals surface area (Å²) in [6.07, 6.45) is 18.8. The molecule has 36 heavy (non-hydrogen) atoms. The second kappa shape index (κ2) is 9.77. The van der Waals surface area contributed by atoms with Gasteiger partial charge in [0.15, 0.2) is 0 Å². The summed E-state index contributed by atoms with van der Waals surface area (Å²) in [4.78, 5) is 6.81. The molecule has 4 aliphatic carbocycles. The number of likely N-dealkylation sites (tertiary alicyclic amines) is 1. The number of hydrogen-bond acceptors (Lipinski definition) is 3. The van der Waals surface area contributed by atoms with Gasteiger partial charge in [0.05, 0.1) is 5.66 Å². The van der Waals surface area contributed by atoms with E-state index in [1.165, 1.54) is 123 Å². The van der Waals surface area contributed by atoms with Crippen molar-refractivity contribution < 1.29 is 0 Å². The third-order valence-corrected chi connectivity index (χ3v) is 15.0. The molecule has 4 saturated carbocycles. The van der Waals surface area contributed by atoms with E-state index < -0.39 is 0 Å². The van der Waals surface area contributed by atoms with Crippen molar-refractivity contribution in [3.05, 3.63) is 0 Å². The number of nitrogens with one attached hydrogen (secondary N) is 1. The summed E-state index contributed by atoms with van der Waals surface area (Å²) in [5.41, 5.74) is 1.66. The molecule has 7 unspecified atom stereocenters. The average Bonchev–Trinajstić information content (AvgIpc) is 3.29. The zero-order valence-corrected chi connectivity index (χ0v) is 25.7. The number of nitrogens with zero attached hydrogens (tertiary/aromatic N) is 2. The Bertz CT molecular complexity index is 772. The second-order valence-corrected chi connectivity index (χ2v) is 16.0. The molecule has 6 fully saturated rings. The summed E-state index contributed by atoms with van der Waals surface area (Å²) in [5, 5.41) is 3.73. The van der Waals surface area contributed by atoms with Gasteiger partial charge in [-0.2, -0.15) is 0 Å². The van der Waals surface area contributed by atoms with Crippen molar-refractivity contribution in [1.82, 2.24) is 15.1 Å². The van der Waals surface area contributed by atoms with Gasteiger partial charge in [-0.1, -0.05) is 62.9 Å². The van der Waals surface area contributed by atoms with Crippen LogP contribution in [0.4, 0.5) is 0 Å². The monoisotopic (exact) mass is 561 g/mol. The predicted molar refractivity (Wildman–Crippen MR) is 155 cm³/mol. The Labute approximate surface area is 231 Å². The van der Waals surface area contributed by atoms with Crippen LogP contribution in [0, 0.1) is 39.9 Å². The molecular weight excluding hydrogens is 506 g/mol. The number of piperidine rings is 1. The summed E-state index contributed by atoms with van der Waals surface area (Å²) in [7, 11) is 0. The minimum absolute atomic E-state index is 0.220. The van der Waals surface area contributed by atoms with Gasteiger partial charge in [-0.15, -0.1) is 0 Å². The minimum atomic E-state index is 0.220. The van der Waals surface area contributed by atoms with Crippen LogP contribution in [-0.2, 0) is 0 Å². The quantitative estimate of drug-likeness (QED) is 0.363. The molecule has 4 heteroatoms. The van der Waals surface area contributed by atoms with Gasteiger partial charge < -0.3 is 5.32 Å². The van der Waals surface area contributed by atoms with E-state index in [2.05, 4.69) is 58.7 Å². The third-order valence-electron chi connectivity index (χ3n) is 13.6. The van der Waals surface area contributed by atoms with Crippen LogP contribution < -0.4 is 5.32 Å². The van der Waals surface area contributed by atoms with Gasteiger partial charge in [0.2, 0.25) is 0 Å². The molecule has 0 amide bonds. The maximum Gasteiger partial charge on any atom is 0.0810 e. The molecular formula is C32H56BrN3. The van der Waals surface area contributed by atoms with E-state index in [1.807, 2.05) is 0 Å². The Morgan fingerprint density at radius 3 is 2.25 bits per heavy atom. The molecule has 0 spiro atoms. The topological polar surface area (TPSA) is 18.5 Å². The van der Waals surface area contributed by atoms with Crippen LogP contribution >= 0.6 is 15.9 Å². The van der Waals surface area contributed by atoms with E-state index in [0.29, 0.717) is 21.1 Å². The number of fused-ring (bicyclic) bond motifs is 5. The Kier molecular flexibility index (Phi) is 7.21. The Balaban J connectivity index is 1.51. The minimum Gasteiger partial charge on any atom is -0.314 e. The molecule has 3 nitrogen and oxygen atoms in total. The fourth-order valence-electron chi connectivity index (χ4n) is 12.2.